The lowest BCUT2D eigenvalue weighted by atomic mass is 9.65. The zero-order chi connectivity index (χ0) is 36.2. The second-order valence-corrected chi connectivity index (χ2v) is 20.4. The number of aryl methyl sites for hydroxylation is 1. The molecule has 1 unspecified atom stereocenters. The molecule has 8 nitrogen and oxygen atoms in total. The van der Waals surface area contributed by atoms with Gasteiger partial charge in [0.05, 0.1) is 22.0 Å². The van der Waals surface area contributed by atoms with Gasteiger partial charge in [-0.05, 0) is 130 Å². The van der Waals surface area contributed by atoms with E-state index in [-0.39, 0.29) is 22.5 Å². The first-order chi connectivity index (χ1) is 25.0. The Hall–Kier alpha value is -2.30. The number of fused-ring (bicyclic) bond motifs is 5. The van der Waals surface area contributed by atoms with Crippen molar-refractivity contribution in [1.82, 2.24) is 19.4 Å². The average Bonchev–Trinajstić information content (AvgIpc) is 3.25. The Kier molecular flexibility index (Phi) is 10.4. The lowest BCUT2D eigenvalue weighted by Crippen LogP contribution is -2.62. The number of hydrogen-bond donors (Lipinski definition) is 1. The zero-order valence-electron chi connectivity index (χ0n) is 31.7. The largest absolute Gasteiger partial charge is 0.490 e. The first kappa shape index (κ1) is 36.7. The maximum absolute atomic E-state index is 14.0. The van der Waals surface area contributed by atoms with Crippen LogP contribution in [-0.2, 0) is 21.5 Å². The molecule has 2 aromatic carbocycles. The second kappa shape index (κ2) is 14.7. The number of piperazine rings is 2. The Morgan fingerprint density at radius 3 is 2.67 bits per heavy atom. The average molecular weight is 750 g/mol. The van der Waals surface area contributed by atoms with Crippen molar-refractivity contribution in [1.29, 1.82) is 0 Å². The van der Waals surface area contributed by atoms with E-state index < -0.39 is 9.71 Å². The Morgan fingerprint density at radius 2 is 1.85 bits per heavy atom. The van der Waals surface area contributed by atoms with Crippen molar-refractivity contribution in [3.8, 4) is 5.75 Å². The van der Waals surface area contributed by atoms with Gasteiger partial charge in [-0.3, -0.25) is 14.4 Å². The summed E-state index contributed by atoms with van der Waals surface area (Å²) < 4.78 is 23.7. The van der Waals surface area contributed by atoms with E-state index in [2.05, 4.69) is 56.3 Å². The molecule has 0 radical (unpaired) electrons. The van der Waals surface area contributed by atoms with Crippen LogP contribution in [0.3, 0.4) is 0 Å². The van der Waals surface area contributed by atoms with Gasteiger partial charge in [-0.1, -0.05) is 31.0 Å². The van der Waals surface area contributed by atoms with Gasteiger partial charge in [-0.2, -0.15) is 0 Å². The molecule has 1 saturated carbocycles. The van der Waals surface area contributed by atoms with Gasteiger partial charge in [-0.15, -0.1) is 0 Å². The summed E-state index contributed by atoms with van der Waals surface area (Å²) in [4.78, 5) is 24.4. The van der Waals surface area contributed by atoms with Crippen LogP contribution in [0.1, 0.15) is 80.3 Å². The molecular weight excluding hydrogens is 690 g/mol. The van der Waals surface area contributed by atoms with Crippen LogP contribution in [0.4, 0.5) is 5.69 Å². The predicted octanol–water partition coefficient (Wildman–Crippen LogP) is 5.96. The summed E-state index contributed by atoms with van der Waals surface area (Å²) >= 11 is 6.53. The molecule has 6 aliphatic rings. The smallest absolute Gasteiger partial charge is 0.262 e. The number of rotatable bonds is 2. The highest BCUT2D eigenvalue weighted by Crippen LogP contribution is 2.48. The summed E-state index contributed by atoms with van der Waals surface area (Å²) in [6.45, 7) is 14.8. The van der Waals surface area contributed by atoms with E-state index in [1.165, 1.54) is 69.7 Å². The molecule has 52 heavy (non-hydrogen) atoms. The number of benzene rings is 2. The molecule has 8 atom stereocenters. The number of likely N-dealkylation sites (N-methyl/N-ethyl adjacent to an activating group) is 1. The van der Waals surface area contributed by atoms with Gasteiger partial charge >= 0.3 is 0 Å². The van der Waals surface area contributed by atoms with E-state index in [4.69, 9.17) is 16.3 Å². The third kappa shape index (κ3) is 7.26. The fourth-order valence-electron chi connectivity index (χ4n) is 10.7. The molecule has 2 bridgehead atoms. The van der Waals surface area contributed by atoms with Crippen molar-refractivity contribution in [3.05, 3.63) is 58.1 Å². The maximum atomic E-state index is 14.0. The van der Waals surface area contributed by atoms with Gasteiger partial charge in [0.15, 0.2) is 0 Å². The Labute approximate surface area is 317 Å². The summed E-state index contributed by atoms with van der Waals surface area (Å²) in [7, 11) is -0.597. The SMILES string of the molecule is C=S1(=O)NC(=O)c2ccc3c(c2)N(C[C@@H]2CC[C@H]2[C@H](CN2CCN4CCN(C)C[C@@H]4C2)CCC[C@H](C)[C@H]1C)C[C@@]1(CCCc2cc(Cl)ccc21)CO3. The van der Waals surface area contributed by atoms with E-state index in [9.17, 15) is 9.00 Å². The van der Waals surface area contributed by atoms with Gasteiger partial charge in [0.2, 0.25) is 0 Å². The van der Waals surface area contributed by atoms with Crippen molar-refractivity contribution < 1.29 is 13.7 Å². The van der Waals surface area contributed by atoms with Crippen LogP contribution in [0, 0.1) is 23.7 Å². The second-order valence-electron chi connectivity index (χ2n) is 17.5. The van der Waals surface area contributed by atoms with Gasteiger partial charge in [0.1, 0.15) is 5.75 Å². The minimum Gasteiger partial charge on any atom is -0.490 e. The fourth-order valence-corrected chi connectivity index (χ4v) is 12.4. The molecule has 1 spiro atoms. The highest BCUT2D eigenvalue weighted by molar-refractivity contribution is 7.99. The van der Waals surface area contributed by atoms with Gasteiger partial charge in [0.25, 0.3) is 5.91 Å². The van der Waals surface area contributed by atoms with Gasteiger partial charge < -0.3 is 19.4 Å². The van der Waals surface area contributed by atoms with Crippen molar-refractivity contribution in [2.45, 2.75) is 81.9 Å². The lowest BCUT2D eigenvalue weighted by molar-refractivity contribution is -0.000935. The van der Waals surface area contributed by atoms with Crippen LogP contribution in [0.15, 0.2) is 36.4 Å². The molecule has 4 aliphatic heterocycles. The summed E-state index contributed by atoms with van der Waals surface area (Å²) in [5, 5.41) is 0.566. The van der Waals surface area contributed by atoms with Crippen molar-refractivity contribution in [3.63, 3.8) is 0 Å². The number of ether oxygens (including phenoxy) is 1. The number of nitrogens with one attached hydrogen (secondary N) is 1. The number of carbonyl (C=O) groups excluding carboxylic acids is 1. The summed E-state index contributed by atoms with van der Waals surface area (Å²) in [5.74, 6) is 6.69. The van der Waals surface area contributed by atoms with E-state index >= 15 is 0 Å². The molecule has 0 aromatic heterocycles. The molecule has 10 heteroatoms. The number of halogens is 1. The maximum Gasteiger partial charge on any atom is 0.262 e. The summed E-state index contributed by atoms with van der Waals surface area (Å²) in [6.07, 6.45) is 9.01. The number of amides is 1. The zero-order valence-corrected chi connectivity index (χ0v) is 33.2. The van der Waals surface area contributed by atoms with E-state index in [0.29, 0.717) is 36.0 Å². The summed E-state index contributed by atoms with van der Waals surface area (Å²) in [5.41, 5.74) is 4.02. The van der Waals surface area contributed by atoms with Crippen molar-refractivity contribution >= 4 is 38.8 Å². The molecular formula is C42H60ClN5O3S. The number of anilines is 1. The van der Waals surface area contributed by atoms with E-state index in [1.54, 1.807) is 0 Å². The fraction of sp³-hybridized carbons (Fsp3) is 0.667. The Morgan fingerprint density at radius 1 is 1.00 bits per heavy atom. The quantitative estimate of drug-likeness (QED) is 0.381. The minimum atomic E-state index is -2.87. The number of carbonyl (C=O) groups is 1. The highest BCUT2D eigenvalue weighted by Gasteiger charge is 2.45. The summed E-state index contributed by atoms with van der Waals surface area (Å²) in [6, 6.07) is 12.9. The molecule has 1 amide bonds. The van der Waals surface area contributed by atoms with E-state index in [0.717, 1.165) is 68.2 Å². The number of nitrogens with zero attached hydrogens (tertiary/aromatic N) is 4. The number of hydrogen-bond acceptors (Lipinski definition) is 7. The van der Waals surface area contributed by atoms with E-state index in [1.807, 2.05) is 31.2 Å². The highest BCUT2D eigenvalue weighted by atomic mass is 35.5. The normalized spacial score (nSPS) is 36.4. The molecule has 1 N–H and O–H groups in total. The molecule has 3 fully saturated rings. The van der Waals surface area contributed by atoms with Crippen LogP contribution in [0.2, 0.25) is 5.02 Å². The minimum absolute atomic E-state index is 0.168. The third-order valence-corrected chi connectivity index (χ3v) is 16.6. The Balaban J connectivity index is 1.13. The third-order valence-electron chi connectivity index (χ3n) is 14.2. The van der Waals surface area contributed by atoms with Crippen LogP contribution in [-0.4, -0.2) is 115 Å². The first-order valence-corrected chi connectivity index (χ1v) is 22.3. The van der Waals surface area contributed by atoms with Crippen molar-refractivity contribution in [2.75, 3.05) is 77.5 Å². The lowest BCUT2D eigenvalue weighted by Gasteiger charge is -2.50. The molecule has 284 valence electrons. The predicted molar refractivity (Wildman–Crippen MR) is 214 cm³/mol. The molecule has 4 heterocycles. The molecule has 2 aromatic rings. The van der Waals surface area contributed by atoms with Crippen LogP contribution >= 0.6 is 11.6 Å². The van der Waals surface area contributed by atoms with Crippen LogP contribution in [0.5, 0.6) is 5.75 Å². The molecule has 2 saturated heterocycles. The molecule has 2 aliphatic carbocycles. The first-order valence-electron chi connectivity index (χ1n) is 20.1. The molecule has 8 rings (SSSR count). The van der Waals surface area contributed by atoms with Crippen LogP contribution in [0.25, 0.3) is 0 Å². The van der Waals surface area contributed by atoms with Gasteiger partial charge in [-0.25, -0.2) is 4.21 Å². The monoisotopic (exact) mass is 749 g/mol. The standard InChI is InChI=1S/C42H60ClN5O3S/c1-29-7-5-8-33(23-46-18-20-47-19-17-45(3)25-36(47)26-46)37-13-10-34(37)24-48-27-42(16-6-9-31-21-35(43)12-14-38(31)42)28-51-40-15-11-32(22-39(40)48)41(49)44-52(4,50)30(29)2/h11-12,14-15,21-22,29-30,33-34,36-37H,4-10,13,16-20,23-28H2,1-3H3,(H,44,49,50)/t29-,30+,33-,34-,36+,37-,42-,52?/m0/s1. The Bertz CT molecular complexity index is 1750. The van der Waals surface area contributed by atoms with Crippen LogP contribution < -0.4 is 14.4 Å². The van der Waals surface area contributed by atoms with Gasteiger partial charge in [0, 0.05) is 86.2 Å². The van der Waals surface area contributed by atoms with Crippen molar-refractivity contribution in [2.24, 2.45) is 23.7 Å². The topological polar surface area (TPSA) is 68.4 Å².